The zero-order valence-electron chi connectivity index (χ0n) is 9.26. The highest BCUT2D eigenvalue weighted by atomic mass is 79.9. The fraction of sp³-hybridized carbons (Fsp3) is 0.545. The van der Waals surface area contributed by atoms with Crippen LogP contribution in [0, 0.1) is 5.41 Å². The maximum Gasteiger partial charge on any atom is 0.220 e. The summed E-state index contributed by atoms with van der Waals surface area (Å²) in [5, 5.41) is 4.94. The molecule has 0 saturated carbocycles. The summed E-state index contributed by atoms with van der Waals surface area (Å²) in [6, 6.07) is 2.03. The van der Waals surface area contributed by atoms with Crippen LogP contribution in [0.1, 0.15) is 32.1 Å². The number of amides is 1. The summed E-state index contributed by atoms with van der Waals surface area (Å²) < 4.78 is 1.08. The van der Waals surface area contributed by atoms with Crippen molar-refractivity contribution >= 4 is 33.2 Å². The summed E-state index contributed by atoms with van der Waals surface area (Å²) in [4.78, 5) is 12.7. The fourth-order valence-corrected chi connectivity index (χ4v) is 2.57. The van der Waals surface area contributed by atoms with E-state index in [-0.39, 0.29) is 11.3 Å². The van der Waals surface area contributed by atoms with Crippen molar-refractivity contribution in [1.82, 2.24) is 5.32 Å². The van der Waals surface area contributed by atoms with Gasteiger partial charge in [0.1, 0.15) is 0 Å². The average molecular weight is 290 g/mol. The van der Waals surface area contributed by atoms with Gasteiger partial charge in [-0.3, -0.25) is 4.79 Å². The SMILES string of the molecule is CC(C)(C)CC(=O)NCc1cc(Br)cs1. The lowest BCUT2D eigenvalue weighted by Gasteiger charge is -2.16. The highest BCUT2D eigenvalue weighted by Crippen LogP contribution is 2.20. The monoisotopic (exact) mass is 289 g/mol. The molecule has 0 fully saturated rings. The van der Waals surface area contributed by atoms with Crippen molar-refractivity contribution in [1.29, 1.82) is 0 Å². The van der Waals surface area contributed by atoms with E-state index in [1.54, 1.807) is 11.3 Å². The van der Waals surface area contributed by atoms with E-state index in [0.717, 1.165) is 4.47 Å². The minimum Gasteiger partial charge on any atom is -0.351 e. The van der Waals surface area contributed by atoms with Gasteiger partial charge < -0.3 is 5.32 Å². The van der Waals surface area contributed by atoms with Gasteiger partial charge in [-0.2, -0.15) is 0 Å². The zero-order valence-corrected chi connectivity index (χ0v) is 11.7. The quantitative estimate of drug-likeness (QED) is 0.906. The topological polar surface area (TPSA) is 29.1 Å². The van der Waals surface area contributed by atoms with E-state index in [1.165, 1.54) is 4.88 Å². The maximum absolute atomic E-state index is 11.5. The lowest BCUT2D eigenvalue weighted by molar-refractivity contribution is -0.122. The number of thiophene rings is 1. The highest BCUT2D eigenvalue weighted by Gasteiger charge is 2.15. The third-order valence-electron chi connectivity index (χ3n) is 1.77. The van der Waals surface area contributed by atoms with Crippen molar-refractivity contribution in [2.24, 2.45) is 5.41 Å². The molecule has 0 aliphatic carbocycles. The molecule has 4 heteroatoms. The molecule has 0 spiro atoms. The van der Waals surface area contributed by atoms with Crippen molar-refractivity contribution in [3.05, 3.63) is 20.8 Å². The molecule has 0 atom stereocenters. The average Bonchev–Trinajstić information content (AvgIpc) is 2.45. The third kappa shape index (κ3) is 5.33. The molecule has 0 bridgehead atoms. The lowest BCUT2D eigenvalue weighted by atomic mass is 9.92. The smallest absolute Gasteiger partial charge is 0.220 e. The molecule has 1 aromatic rings. The van der Waals surface area contributed by atoms with Gasteiger partial charge in [0.05, 0.1) is 6.54 Å². The Hall–Kier alpha value is -0.350. The molecule has 2 nitrogen and oxygen atoms in total. The van der Waals surface area contributed by atoms with Crippen molar-refractivity contribution in [2.75, 3.05) is 0 Å². The fourth-order valence-electron chi connectivity index (χ4n) is 1.18. The molecule has 0 unspecified atom stereocenters. The van der Waals surface area contributed by atoms with Crippen molar-refractivity contribution in [3.63, 3.8) is 0 Å². The van der Waals surface area contributed by atoms with Crippen LogP contribution in [0.2, 0.25) is 0 Å². The molecule has 1 heterocycles. The minimum absolute atomic E-state index is 0.0557. The van der Waals surface area contributed by atoms with Gasteiger partial charge in [0.15, 0.2) is 0 Å². The molecular formula is C11H16BrNOS. The summed E-state index contributed by atoms with van der Waals surface area (Å²) in [6.45, 7) is 6.82. The van der Waals surface area contributed by atoms with Gasteiger partial charge in [0.2, 0.25) is 5.91 Å². The molecule has 1 aromatic heterocycles. The Bertz CT molecular complexity index is 341. The number of carbonyl (C=O) groups is 1. The molecule has 0 aliphatic heterocycles. The normalized spacial score (nSPS) is 11.5. The molecule has 1 N–H and O–H groups in total. The van der Waals surface area contributed by atoms with Gasteiger partial charge in [0, 0.05) is 21.2 Å². The van der Waals surface area contributed by atoms with Crippen LogP contribution >= 0.6 is 27.3 Å². The van der Waals surface area contributed by atoms with Crippen LogP contribution in [0.4, 0.5) is 0 Å². The van der Waals surface area contributed by atoms with Crippen LogP contribution in [-0.4, -0.2) is 5.91 Å². The van der Waals surface area contributed by atoms with Crippen molar-refractivity contribution < 1.29 is 4.79 Å². The first-order chi connectivity index (χ1) is 6.87. The predicted octanol–water partition coefficient (Wildman–Crippen LogP) is 3.56. The van der Waals surface area contributed by atoms with Crippen molar-refractivity contribution in [2.45, 2.75) is 33.7 Å². The Labute approximate surface area is 103 Å². The van der Waals surface area contributed by atoms with E-state index >= 15 is 0 Å². The van der Waals surface area contributed by atoms with Gasteiger partial charge in [-0.05, 0) is 27.4 Å². The summed E-state index contributed by atoms with van der Waals surface area (Å²) in [5.41, 5.74) is 0.0557. The highest BCUT2D eigenvalue weighted by molar-refractivity contribution is 9.10. The van der Waals surface area contributed by atoms with E-state index in [4.69, 9.17) is 0 Å². The number of carbonyl (C=O) groups excluding carboxylic acids is 1. The second-order valence-corrected chi connectivity index (χ2v) is 6.66. The first kappa shape index (κ1) is 12.7. The van der Waals surface area contributed by atoms with Crippen LogP contribution in [0.15, 0.2) is 15.9 Å². The molecule has 0 radical (unpaired) electrons. The number of hydrogen-bond acceptors (Lipinski definition) is 2. The largest absolute Gasteiger partial charge is 0.351 e. The molecule has 84 valence electrons. The second-order valence-electron chi connectivity index (χ2n) is 4.75. The van der Waals surface area contributed by atoms with Crippen LogP contribution in [0.5, 0.6) is 0 Å². The Morgan fingerprint density at radius 1 is 1.53 bits per heavy atom. The molecule has 15 heavy (non-hydrogen) atoms. The minimum atomic E-state index is 0.0557. The predicted molar refractivity (Wildman–Crippen MR) is 67.9 cm³/mol. The van der Waals surface area contributed by atoms with Gasteiger partial charge >= 0.3 is 0 Å². The van der Waals surface area contributed by atoms with Crippen LogP contribution in [0.3, 0.4) is 0 Å². The summed E-state index contributed by atoms with van der Waals surface area (Å²) in [5.74, 6) is 0.118. The van der Waals surface area contributed by atoms with Crippen LogP contribution in [-0.2, 0) is 11.3 Å². The van der Waals surface area contributed by atoms with E-state index in [9.17, 15) is 4.79 Å². The molecular weight excluding hydrogens is 274 g/mol. The summed E-state index contributed by atoms with van der Waals surface area (Å²) in [6.07, 6.45) is 0.569. The second kappa shape index (κ2) is 5.12. The Balaban J connectivity index is 2.35. The molecule has 0 aliphatic rings. The van der Waals surface area contributed by atoms with Crippen molar-refractivity contribution in [3.8, 4) is 0 Å². The summed E-state index contributed by atoms with van der Waals surface area (Å²) in [7, 11) is 0. The van der Waals surface area contributed by atoms with E-state index in [2.05, 4.69) is 42.0 Å². The Morgan fingerprint density at radius 2 is 2.20 bits per heavy atom. The van der Waals surface area contributed by atoms with Gasteiger partial charge in [-0.25, -0.2) is 0 Å². The number of halogens is 1. The van der Waals surface area contributed by atoms with Crippen LogP contribution < -0.4 is 5.32 Å². The maximum atomic E-state index is 11.5. The van der Waals surface area contributed by atoms with E-state index in [0.29, 0.717) is 13.0 Å². The molecule has 1 rings (SSSR count). The number of nitrogens with one attached hydrogen (secondary N) is 1. The third-order valence-corrected chi connectivity index (χ3v) is 3.47. The molecule has 0 saturated heterocycles. The Morgan fingerprint density at radius 3 is 2.67 bits per heavy atom. The Kier molecular flexibility index (Phi) is 4.34. The number of rotatable bonds is 3. The zero-order chi connectivity index (χ0) is 11.5. The first-order valence-electron chi connectivity index (χ1n) is 4.86. The number of hydrogen-bond donors (Lipinski definition) is 1. The standard InChI is InChI=1S/C11H16BrNOS/c1-11(2,3)5-10(14)13-6-9-4-8(12)7-15-9/h4,7H,5-6H2,1-3H3,(H,13,14). The van der Waals surface area contributed by atoms with Crippen LogP contribution in [0.25, 0.3) is 0 Å². The lowest BCUT2D eigenvalue weighted by Crippen LogP contribution is -2.26. The van der Waals surface area contributed by atoms with Gasteiger partial charge in [-0.15, -0.1) is 11.3 Å². The van der Waals surface area contributed by atoms with Gasteiger partial charge in [0.25, 0.3) is 0 Å². The molecule has 1 amide bonds. The first-order valence-corrected chi connectivity index (χ1v) is 6.54. The van der Waals surface area contributed by atoms with E-state index in [1.807, 2.05) is 11.4 Å². The van der Waals surface area contributed by atoms with E-state index < -0.39 is 0 Å². The van der Waals surface area contributed by atoms with Gasteiger partial charge in [-0.1, -0.05) is 20.8 Å². The summed E-state index contributed by atoms with van der Waals surface area (Å²) >= 11 is 5.03. The molecule has 0 aromatic carbocycles.